The van der Waals surface area contributed by atoms with E-state index in [2.05, 4.69) is 10.3 Å². The van der Waals surface area contributed by atoms with Gasteiger partial charge in [0.2, 0.25) is 0 Å². The van der Waals surface area contributed by atoms with Crippen LogP contribution in [0, 0.1) is 0 Å². The highest BCUT2D eigenvalue weighted by Gasteiger charge is 2.41. The van der Waals surface area contributed by atoms with Gasteiger partial charge in [0.25, 0.3) is 0 Å². The van der Waals surface area contributed by atoms with Crippen molar-refractivity contribution >= 4 is 53.2 Å². The van der Waals surface area contributed by atoms with E-state index >= 15 is 0 Å². The van der Waals surface area contributed by atoms with E-state index in [1.54, 1.807) is 26.0 Å². The molecule has 0 spiro atoms. The molecule has 2 atom stereocenters. The Morgan fingerprint density at radius 3 is 2.63 bits per heavy atom. The lowest BCUT2D eigenvalue weighted by molar-refractivity contribution is -0.155. The van der Waals surface area contributed by atoms with Gasteiger partial charge in [-0.2, -0.15) is 0 Å². The molecule has 38 heavy (non-hydrogen) atoms. The minimum atomic E-state index is -1.48. The maximum atomic E-state index is 13.4. The molecule has 0 bridgehead atoms. The van der Waals surface area contributed by atoms with Gasteiger partial charge in [0.05, 0.1) is 11.3 Å². The number of benzene rings is 1. The van der Waals surface area contributed by atoms with Gasteiger partial charge in [0.1, 0.15) is 11.8 Å². The highest BCUT2D eigenvalue weighted by atomic mass is 32.1. The van der Waals surface area contributed by atoms with E-state index < -0.39 is 48.6 Å². The Balaban J connectivity index is 1.52. The average molecular weight is 543 g/mol. The second-order valence-corrected chi connectivity index (χ2v) is 10.2. The Hall–Kier alpha value is -3.98. The summed E-state index contributed by atoms with van der Waals surface area (Å²) >= 11 is 1.05. The van der Waals surface area contributed by atoms with Gasteiger partial charge < -0.3 is 30.7 Å². The number of carboxylic acid groups (broad SMARTS) is 1. The van der Waals surface area contributed by atoms with Crippen LogP contribution in [-0.4, -0.2) is 80.8 Å². The second-order valence-electron chi connectivity index (χ2n) is 9.28. The van der Waals surface area contributed by atoms with Gasteiger partial charge in [-0.15, -0.1) is 11.3 Å². The van der Waals surface area contributed by atoms with Crippen molar-refractivity contribution in [2.45, 2.75) is 44.6 Å². The molecular weight excluding hydrogens is 517 g/mol. The highest BCUT2D eigenvalue weighted by Crippen LogP contribution is 2.37. The number of hydrogen-bond donors (Lipinski definition) is 4. The number of ketones is 1. The monoisotopic (exact) mass is 543 g/mol. The molecule has 1 aromatic carbocycles. The highest BCUT2D eigenvalue weighted by molar-refractivity contribution is 7.13. The van der Waals surface area contributed by atoms with Gasteiger partial charge in [-0.25, -0.2) is 14.6 Å². The number of urea groups is 1. The predicted molar refractivity (Wildman–Crippen MR) is 135 cm³/mol. The Labute approximate surface area is 221 Å². The molecule has 5 N–H and O–H groups in total. The number of Topliss-reactive ketones (excluding diaryl/α,β-unsaturated/α-hetero) is 1. The second kappa shape index (κ2) is 10.8. The van der Waals surface area contributed by atoms with E-state index in [0.29, 0.717) is 5.56 Å². The fraction of sp³-hybridized carbons (Fsp3) is 0.391. The van der Waals surface area contributed by atoms with Crippen LogP contribution in [0.2, 0.25) is 5.82 Å². The zero-order valence-electron chi connectivity index (χ0n) is 20.6. The molecule has 2 aliphatic heterocycles. The number of para-hydroxylation sites is 1. The summed E-state index contributed by atoms with van der Waals surface area (Å²) in [7, 11) is -1.48. The number of carbonyl (C=O) groups is 5. The van der Waals surface area contributed by atoms with Crippen molar-refractivity contribution in [3.63, 3.8) is 0 Å². The van der Waals surface area contributed by atoms with Crippen LogP contribution in [0.5, 0.6) is 5.75 Å². The zero-order valence-corrected chi connectivity index (χ0v) is 21.4. The molecule has 1 unspecified atom stereocenters. The third-order valence-corrected chi connectivity index (χ3v) is 7.15. The van der Waals surface area contributed by atoms with Crippen molar-refractivity contribution in [3.05, 3.63) is 40.4 Å². The Morgan fingerprint density at radius 1 is 1.26 bits per heavy atom. The molecule has 1 saturated heterocycles. The summed E-state index contributed by atoms with van der Waals surface area (Å²) in [6.07, 6.45) is -0.123. The molecular formula is C23H26BN5O8S. The fourth-order valence-corrected chi connectivity index (χ4v) is 5.08. The predicted octanol–water partition coefficient (Wildman–Crippen LogP) is 0.698. The number of aromatic carboxylic acids is 1. The van der Waals surface area contributed by atoms with Crippen LogP contribution in [0.3, 0.4) is 0 Å². The largest absolute Gasteiger partial charge is 0.535 e. The number of thiazole rings is 1. The summed E-state index contributed by atoms with van der Waals surface area (Å²) in [4.78, 5) is 69.2. The number of anilines is 1. The summed E-state index contributed by atoms with van der Waals surface area (Å²) in [5.41, 5.74) is 6.28. The molecule has 4 rings (SSSR count). The number of carboxylic acids is 1. The van der Waals surface area contributed by atoms with Crippen molar-refractivity contribution in [1.29, 1.82) is 0 Å². The maximum Gasteiger partial charge on any atom is 0.526 e. The molecule has 2 aromatic rings. The molecule has 1 fully saturated rings. The molecule has 15 heteroatoms. The SMILES string of the molecule is CC(C)N1CCN(C(=O)NC(C(=O)C[C@H]2Cc3cccc(C(=O)O)c3OB2O)c2csc(N)n2)C(=O)C1=O. The van der Waals surface area contributed by atoms with Crippen LogP contribution in [0.15, 0.2) is 23.6 Å². The Kier molecular flexibility index (Phi) is 7.69. The Morgan fingerprint density at radius 2 is 2.00 bits per heavy atom. The topological polar surface area (TPSA) is 192 Å². The van der Waals surface area contributed by atoms with Gasteiger partial charge in [-0.1, -0.05) is 12.1 Å². The van der Waals surface area contributed by atoms with Crippen molar-refractivity contribution in [2.24, 2.45) is 0 Å². The number of nitrogens with two attached hydrogens (primary N) is 1. The quantitative estimate of drug-likeness (QED) is 0.285. The maximum absolute atomic E-state index is 13.4. The number of fused-ring (bicyclic) bond motifs is 1. The van der Waals surface area contributed by atoms with E-state index in [9.17, 15) is 34.1 Å². The number of carbonyl (C=O) groups excluding carboxylic acids is 4. The summed E-state index contributed by atoms with van der Waals surface area (Å²) in [5.74, 6) is -4.30. The van der Waals surface area contributed by atoms with Crippen molar-refractivity contribution in [2.75, 3.05) is 18.8 Å². The first kappa shape index (κ1) is 27.1. The standard InChI is InChI=1S/C23H26BN5O8S/c1-11(2)28-6-7-29(20(32)19(28)31)23(35)27-17(15-10-38-22(25)26-15)16(30)9-13-8-12-4-3-5-14(21(33)34)18(12)37-24(13)36/h3-5,10-11,13,17,36H,6-9H2,1-2H3,(H2,25,26)(H,27,35)(H,33,34)/t13-,17?/m1/s1. The lowest BCUT2D eigenvalue weighted by Crippen LogP contribution is -2.60. The van der Waals surface area contributed by atoms with E-state index in [1.165, 1.54) is 16.3 Å². The number of nitrogens with one attached hydrogen (secondary N) is 1. The number of nitrogen functional groups attached to an aromatic ring is 1. The van der Waals surface area contributed by atoms with Crippen LogP contribution < -0.4 is 15.7 Å². The first-order valence-corrected chi connectivity index (χ1v) is 12.7. The molecule has 13 nitrogen and oxygen atoms in total. The van der Waals surface area contributed by atoms with Crippen LogP contribution in [0.25, 0.3) is 0 Å². The molecule has 0 aliphatic carbocycles. The van der Waals surface area contributed by atoms with Gasteiger partial charge in [-0.05, 0) is 31.9 Å². The number of rotatable bonds is 7. The molecule has 2 aliphatic rings. The molecule has 3 heterocycles. The van der Waals surface area contributed by atoms with Gasteiger partial charge in [-0.3, -0.25) is 19.3 Å². The number of hydrogen-bond acceptors (Lipinski definition) is 10. The van der Waals surface area contributed by atoms with E-state index in [1.807, 2.05) is 0 Å². The molecule has 1 aromatic heterocycles. The minimum Gasteiger partial charge on any atom is -0.535 e. The molecule has 200 valence electrons. The van der Waals surface area contributed by atoms with E-state index in [0.717, 1.165) is 16.2 Å². The molecule has 0 saturated carbocycles. The van der Waals surface area contributed by atoms with E-state index in [4.69, 9.17) is 10.4 Å². The fourth-order valence-electron chi connectivity index (χ4n) is 4.49. The number of piperazine rings is 1. The van der Waals surface area contributed by atoms with Crippen LogP contribution in [-0.2, 0) is 20.8 Å². The third-order valence-electron chi connectivity index (χ3n) is 6.46. The zero-order chi connectivity index (χ0) is 27.7. The Bertz CT molecular complexity index is 1300. The first-order chi connectivity index (χ1) is 18.0. The average Bonchev–Trinajstić information content (AvgIpc) is 3.29. The molecule has 0 radical (unpaired) electrons. The van der Waals surface area contributed by atoms with Crippen molar-refractivity contribution < 1.29 is 38.8 Å². The van der Waals surface area contributed by atoms with Crippen LogP contribution in [0.1, 0.15) is 47.9 Å². The van der Waals surface area contributed by atoms with Gasteiger partial charge >= 0.3 is 30.9 Å². The summed E-state index contributed by atoms with van der Waals surface area (Å²) in [5, 5.41) is 24.1. The summed E-state index contributed by atoms with van der Waals surface area (Å²) < 4.78 is 5.47. The smallest absolute Gasteiger partial charge is 0.526 e. The third kappa shape index (κ3) is 5.33. The van der Waals surface area contributed by atoms with Gasteiger partial charge in [0.15, 0.2) is 10.9 Å². The number of amides is 4. The lowest BCUT2D eigenvalue weighted by Gasteiger charge is -2.35. The molecule has 4 amide bonds. The lowest BCUT2D eigenvalue weighted by atomic mass is 9.64. The number of aromatic nitrogens is 1. The summed E-state index contributed by atoms with van der Waals surface area (Å²) in [6.45, 7) is 3.62. The normalized spacial score (nSPS) is 18.2. The summed E-state index contributed by atoms with van der Waals surface area (Å²) in [6, 6.07) is 2.07. The number of imide groups is 1. The van der Waals surface area contributed by atoms with Crippen molar-refractivity contribution in [1.82, 2.24) is 20.1 Å². The van der Waals surface area contributed by atoms with Crippen LogP contribution >= 0.6 is 11.3 Å². The van der Waals surface area contributed by atoms with Crippen molar-refractivity contribution in [3.8, 4) is 5.75 Å². The minimum absolute atomic E-state index is 0.0389. The van der Waals surface area contributed by atoms with Crippen LogP contribution in [0.4, 0.5) is 9.93 Å². The number of nitrogens with zero attached hydrogens (tertiary/aromatic N) is 3. The first-order valence-electron chi connectivity index (χ1n) is 11.8. The van der Waals surface area contributed by atoms with Gasteiger partial charge in [0, 0.05) is 36.7 Å². The van der Waals surface area contributed by atoms with E-state index in [-0.39, 0.29) is 54.1 Å².